The van der Waals surface area contributed by atoms with E-state index in [1.807, 2.05) is 42.6 Å². The minimum atomic E-state index is 0.475. The van der Waals surface area contributed by atoms with E-state index in [9.17, 15) is 0 Å². The summed E-state index contributed by atoms with van der Waals surface area (Å²) in [7, 11) is 3.28. The molecule has 3 heterocycles. The van der Waals surface area contributed by atoms with E-state index < -0.39 is 0 Å². The fraction of sp³-hybridized carbons (Fsp3) is 0.333. The van der Waals surface area contributed by atoms with Gasteiger partial charge in [0.15, 0.2) is 11.5 Å². The first kappa shape index (κ1) is 19.8. The highest BCUT2D eigenvalue weighted by Crippen LogP contribution is 2.37. The Labute approximate surface area is 174 Å². The van der Waals surface area contributed by atoms with Crippen molar-refractivity contribution in [2.45, 2.75) is 33.9 Å². The van der Waals surface area contributed by atoms with Crippen LogP contribution in [0.3, 0.4) is 0 Å². The van der Waals surface area contributed by atoms with Gasteiger partial charge >= 0.3 is 0 Å². The molecule has 30 heavy (non-hydrogen) atoms. The highest BCUT2D eigenvalue weighted by atomic mass is 16.5. The molecule has 4 aromatic rings. The standard InChI is InChI=1S/C21H24N6O3/c1-12-8-15(10-22-11-19-24-14(3)26-30-19)27-21(23-12)20(13(2)25-27)17-7-6-16(28-4)9-18(17)29-5/h6-9,22H,10-11H2,1-5H3. The summed E-state index contributed by atoms with van der Waals surface area (Å²) >= 11 is 0. The second-order valence-electron chi connectivity index (χ2n) is 6.99. The molecule has 0 radical (unpaired) electrons. The monoisotopic (exact) mass is 408 g/mol. The SMILES string of the molecule is COc1ccc(-c2c(C)nn3c(CNCc4nc(C)no4)cc(C)nc23)c(OC)c1. The molecule has 0 fully saturated rings. The van der Waals surface area contributed by atoms with E-state index in [1.165, 1.54) is 0 Å². The maximum absolute atomic E-state index is 5.61. The predicted molar refractivity (Wildman–Crippen MR) is 111 cm³/mol. The van der Waals surface area contributed by atoms with E-state index >= 15 is 0 Å². The fourth-order valence-electron chi connectivity index (χ4n) is 3.48. The van der Waals surface area contributed by atoms with Gasteiger partial charge in [-0.2, -0.15) is 10.1 Å². The van der Waals surface area contributed by atoms with Crippen LogP contribution in [0.4, 0.5) is 0 Å². The van der Waals surface area contributed by atoms with E-state index in [4.69, 9.17) is 24.1 Å². The van der Waals surface area contributed by atoms with Crippen molar-refractivity contribution < 1.29 is 14.0 Å². The molecule has 0 aliphatic rings. The summed E-state index contributed by atoms with van der Waals surface area (Å²) in [6.45, 7) is 6.79. The first-order valence-electron chi connectivity index (χ1n) is 9.58. The first-order valence-corrected chi connectivity index (χ1v) is 9.58. The molecule has 0 aliphatic carbocycles. The molecule has 0 amide bonds. The van der Waals surface area contributed by atoms with E-state index in [0.29, 0.717) is 30.6 Å². The Balaban J connectivity index is 1.72. The molecule has 9 heteroatoms. The highest BCUT2D eigenvalue weighted by molar-refractivity contribution is 5.84. The zero-order chi connectivity index (χ0) is 21.3. The third-order valence-corrected chi connectivity index (χ3v) is 4.80. The van der Waals surface area contributed by atoms with Crippen LogP contribution in [-0.2, 0) is 13.1 Å². The molecule has 1 N–H and O–H groups in total. The summed E-state index contributed by atoms with van der Waals surface area (Å²) in [4.78, 5) is 8.98. The average Bonchev–Trinajstić information content (AvgIpc) is 3.29. The quantitative estimate of drug-likeness (QED) is 0.498. The van der Waals surface area contributed by atoms with Gasteiger partial charge in [-0.1, -0.05) is 5.16 Å². The van der Waals surface area contributed by atoms with Gasteiger partial charge in [0.05, 0.1) is 37.7 Å². The number of fused-ring (bicyclic) bond motifs is 1. The zero-order valence-electron chi connectivity index (χ0n) is 17.7. The molecular formula is C21H24N6O3. The van der Waals surface area contributed by atoms with Crippen LogP contribution in [0.2, 0.25) is 0 Å². The molecule has 9 nitrogen and oxygen atoms in total. The number of hydrogen-bond acceptors (Lipinski definition) is 8. The van der Waals surface area contributed by atoms with Crippen LogP contribution >= 0.6 is 0 Å². The number of aromatic nitrogens is 5. The number of nitrogens with zero attached hydrogens (tertiary/aromatic N) is 5. The number of methoxy groups -OCH3 is 2. The Hall–Kier alpha value is -3.46. The normalized spacial score (nSPS) is 11.2. The Kier molecular flexibility index (Phi) is 5.37. The van der Waals surface area contributed by atoms with Gasteiger partial charge in [0.2, 0.25) is 5.89 Å². The second kappa shape index (κ2) is 8.11. The Morgan fingerprint density at radius 3 is 2.57 bits per heavy atom. The summed E-state index contributed by atoms with van der Waals surface area (Å²) < 4.78 is 18.0. The molecule has 0 bridgehead atoms. The smallest absolute Gasteiger partial charge is 0.240 e. The average molecular weight is 408 g/mol. The van der Waals surface area contributed by atoms with Crippen molar-refractivity contribution in [2.24, 2.45) is 0 Å². The highest BCUT2D eigenvalue weighted by Gasteiger charge is 2.19. The van der Waals surface area contributed by atoms with Crippen molar-refractivity contribution in [2.75, 3.05) is 14.2 Å². The molecule has 0 unspecified atom stereocenters. The maximum Gasteiger partial charge on any atom is 0.240 e. The third kappa shape index (κ3) is 3.71. The van der Waals surface area contributed by atoms with Crippen LogP contribution in [0, 0.1) is 20.8 Å². The van der Waals surface area contributed by atoms with Crippen molar-refractivity contribution in [1.29, 1.82) is 0 Å². The molecule has 156 valence electrons. The third-order valence-electron chi connectivity index (χ3n) is 4.80. The van der Waals surface area contributed by atoms with Gasteiger partial charge in [0.25, 0.3) is 0 Å². The lowest BCUT2D eigenvalue weighted by Gasteiger charge is -2.11. The Morgan fingerprint density at radius 2 is 1.87 bits per heavy atom. The number of ether oxygens (including phenoxy) is 2. The number of nitrogens with one attached hydrogen (secondary N) is 1. The van der Waals surface area contributed by atoms with Crippen molar-refractivity contribution in [3.05, 3.63) is 53.1 Å². The number of aryl methyl sites for hydroxylation is 3. The Morgan fingerprint density at radius 1 is 1.03 bits per heavy atom. The summed E-state index contributed by atoms with van der Waals surface area (Å²) in [5.74, 6) is 2.61. The zero-order valence-corrected chi connectivity index (χ0v) is 17.7. The van der Waals surface area contributed by atoms with E-state index in [1.54, 1.807) is 21.1 Å². The summed E-state index contributed by atoms with van der Waals surface area (Å²) in [6, 6.07) is 7.76. The summed E-state index contributed by atoms with van der Waals surface area (Å²) in [5.41, 5.74) is 5.39. The van der Waals surface area contributed by atoms with Crippen molar-refractivity contribution in [1.82, 2.24) is 30.1 Å². The lowest BCUT2D eigenvalue weighted by Crippen LogP contribution is -2.16. The molecule has 0 saturated carbocycles. The lowest BCUT2D eigenvalue weighted by molar-refractivity contribution is 0.363. The van der Waals surface area contributed by atoms with E-state index in [0.717, 1.165) is 39.6 Å². The summed E-state index contributed by atoms with van der Waals surface area (Å²) in [5, 5.41) is 11.9. The number of hydrogen-bond donors (Lipinski definition) is 1. The van der Waals surface area contributed by atoms with Crippen molar-refractivity contribution >= 4 is 5.65 Å². The number of benzene rings is 1. The van der Waals surface area contributed by atoms with Crippen LogP contribution in [0.1, 0.15) is 28.8 Å². The lowest BCUT2D eigenvalue weighted by atomic mass is 10.0. The first-order chi connectivity index (χ1) is 14.5. The van der Waals surface area contributed by atoms with Gasteiger partial charge in [-0.3, -0.25) is 0 Å². The molecule has 0 aliphatic heterocycles. The minimum absolute atomic E-state index is 0.475. The van der Waals surface area contributed by atoms with Crippen molar-refractivity contribution in [3.63, 3.8) is 0 Å². The van der Waals surface area contributed by atoms with Gasteiger partial charge in [-0.15, -0.1) is 0 Å². The van der Waals surface area contributed by atoms with Crippen molar-refractivity contribution in [3.8, 4) is 22.6 Å². The largest absolute Gasteiger partial charge is 0.497 e. The maximum atomic E-state index is 5.61. The minimum Gasteiger partial charge on any atom is -0.497 e. The van der Waals surface area contributed by atoms with Crippen LogP contribution in [0.25, 0.3) is 16.8 Å². The molecule has 3 aromatic heterocycles. The molecule has 4 rings (SSSR count). The van der Waals surface area contributed by atoms with Crippen LogP contribution in [-0.4, -0.2) is 39.0 Å². The fourth-order valence-corrected chi connectivity index (χ4v) is 3.48. The number of rotatable bonds is 7. The van der Waals surface area contributed by atoms with Crippen LogP contribution < -0.4 is 14.8 Å². The topological polar surface area (TPSA) is 99.6 Å². The molecule has 0 atom stereocenters. The van der Waals surface area contributed by atoms with Crippen LogP contribution in [0.15, 0.2) is 28.8 Å². The van der Waals surface area contributed by atoms with Gasteiger partial charge in [-0.05, 0) is 39.0 Å². The second-order valence-corrected chi connectivity index (χ2v) is 6.99. The van der Waals surface area contributed by atoms with Gasteiger partial charge in [-0.25, -0.2) is 9.50 Å². The molecular weight excluding hydrogens is 384 g/mol. The predicted octanol–water partition coefficient (Wildman–Crippen LogP) is 3.01. The molecule has 1 aromatic carbocycles. The molecule has 0 saturated heterocycles. The van der Waals surface area contributed by atoms with Gasteiger partial charge in [0, 0.05) is 23.9 Å². The van der Waals surface area contributed by atoms with E-state index in [-0.39, 0.29) is 0 Å². The summed E-state index contributed by atoms with van der Waals surface area (Å²) in [6.07, 6.45) is 0. The molecule has 0 spiro atoms. The Bertz CT molecular complexity index is 1200. The van der Waals surface area contributed by atoms with Gasteiger partial charge < -0.3 is 19.3 Å². The van der Waals surface area contributed by atoms with Gasteiger partial charge in [0.1, 0.15) is 11.5 Å². The van der Waals surface area contributed by atoms with Crippen LogP contribution in [0.5, 0.6) is 11.5 Å². The van der Waals surface area contributed by atoms with E-state index in [2.05, 4.69) is 15.5 Å².